The van der Waals surface area contributed by atoms with Gasteiger partial charge in [0.2, 0.25) is 5.91 Å². The summed E-state index contributed by atoms with van der Waals surface area (Å²) in [5.41, 5.74) is 1.07. The number of benzene rings is 1. The maximum atomic E-state index is 11.0. The van der Waals surface area contributed by atoms with E-state index in [4.69, 9.17) is 14.2 Å². The predicted molar refractivity (Wildman–Crippen MR) is 104 cm³/mol. The number of nitrogens with one attached hydrogen (secondary N) is 1. The van der Waals surface area contributed by atoms with Crippen LogP contribution < -0.4 is 10.1 Å². The van der Waals surface area contributed by atoms with E-state index in [9.17, 15) is 4.79 Å². The molecule has 1 N–H and O–H groups in total. The van der Waals surface area contributed by atoms with Crippen LogP contribution in [0.2, 0.25) is 0 Å². The molecule has 2 fully saturated rings. The Bertz CT molecular complexity index is 578. The topological polar surface area (TPSA) is 60.0 Å². The van der Waals surface area contributed by atoms with Crippen molar-refractivity contribution in [1.82, 2.24) is 10.2 Å². The first kappa shape index (κ1) is 20.1. The number of ether oxygens (including phenoxy) is 3. The Morgan fingerprint density at radius 2 is 1.81 bits per heavy atom. The molecule has 6 nitrogen and oxygen atoms in total. The van der Waals surface area contributed by atoms with E-state index in [0.29, 0.717) is 18.8 Å². The Morgan fingerprint density at radius 1 is 1.11 bits per heavy atom. The van der Waals surface area contributed by atoms with Gasteiger partial charge in [0.1, 0.15) is 11.9 Å². The van der Waals surface area contributed by atoms with Crippen LogP contribution in [0.25, 0.3) is 0 Å². The molecule has 27 heavy (non-hydrogen) atoms. The van der Waals surface area contributed by atoms with E-state index in [1.165, 1.54) is 6.92 Å². The number of carbonyl (C=O) groups is 1. The SMILES string of the molecule is COCCN1CCC(OC2CC(Oc3ccc(CNC(C)=O)cc3)C2)CC1. The normalized spacial score (nSPS) is 23.6. The first-order valence-electron chi connectivity index (χ1n) is 9.99. The number of piperidine rings is 1. The van der Waals surface area contributed by atoms with Crippen LogP contribution in [0.3, 0.4) is 0 Å². The molecule has 1 saturated heterocycles. The summed E-state index contributed by atoms with van der Waals surface area (Å²) in [6.45, 7) is 6.11. The highest BCUT2D eigenvalue weighted by molar-refractivity contribution is 5.72. The van der Waals surface area contributed by atoms with Crippen LogP contribution in [-0.2, 0) is 20.8 Å². The summed E-state index contributed by atoms with van der Waals surface area (Å²) in [5, 5.41) is 2.80. The smallest absolute Gasteiger partial charge is 0.217 e. The van der Waals surface area contributed by atoms with E-state index in [1.54, 1.807) is 7.11 Å². The monoisotopic (exact) mass is 376 g/mol. The van der Waals surface area contributed by atoms with E-state index in [2.05, 4.69) is 10.2 Å². The largest absolute Gasteiger partial charge is 0.490 e. The van der Waals surface area contributed by atoms with Crippen molar-refractivity contribution in [2.75, 3.05) is 33.4 Å². The highest BCUT2D eigenvalue weighted by Gasteiger charge is 2.34. The number of amides is 1. The van der Waals surface area contributed by atoms with Crippen LogP contribution in [0.1, 0.15) is 38.2 Å². The quantitative estimate of drug-likeness (QED) is 0.717. The van der Waals surface area contributed by atoms with Crippen molar-refractivity contribution in [2.24, 2.45) is 0 Å². The summed E-state index contributed by atoms with van der Waals surface area (Å²) in [5.74, 6) is 0.868. The molecule has 6 heteroatoms. The molecule has 0 bridgehead atoms. The molecule has 0 radical (unpaired) electrons. The van der Waals surface area contributed by atoms with Crippen LogP contribution in [0.4, 0.5) is 0 Å². The first-order chi connectivity index (χ1) is 13.1. The number of rotatable bonds is 9. The van der Waals surface area contributed by atoms with Gasteiger partial charge >= 0.3 is 0 Å². The van der Waals surface area contributed by atoms with Crippen LogP contribution in [0.5, 0.6) is 5.75 Å². The summed E-state index contributed by atoms with van der Waals surface area (Å²) in [6.07, 6.45) is 5.14. The molecule has 1 saturated carbocycles. The molecule has 0 atom stereocenters. The Labute approximate surface area is 162 Å². The zero-order chi connectivity index (χ0) is 19.1. The molecule has 1 aromatic carbocycles. The summed E-state index contributed by atoms with van der Waals surface area (Å²) < 4.78 is 17.4. The van der Waals surface area contributed by atoms with Gasteiger partial charge in [-0.05, 0) is 30.5 Å². The first-order valence-corrected chi connectivity index (χ1v) is 9.99. The van der Waals surface area contributed by atoms with Crippen molar-refractivity contribution in [3.8, 4) is 5.75 Å². The fourth-order valence-electron chi connectivity index (χ4n) is 3.59. The number of methoxy groups -OCH3 is 1. The molecule has 3 rings (SSSR count). The number of likely N-dealkylation sites (tertiary alicyclic amines) is 1. The highest BCUT2D eigenvalue weighted by Crippen LogP contribution is 2.31. The molecule has 2 aliphatic rings. The number of carbonyl (C=O) groups excluding carboxylic acids is 1. The second-order valence-electron chi connectivity index (χ2n) is 7.56. The van der Waals surface area contributed by atoms with Crippen LogP contribution in [0.15, 0.2) is 24.3 Å². The van der Waals surface area contributed by atoms with E-state index in [1.807, 2.05) is 24.3 Å². The Hall–Kier alpha value is -1.63. The average Bonchev–Trinajstić information content (AvgIpc) is 2.65. The van der Waals surface area contributed by atoms with Gasteiger partial charge in [-0.3, -0.25) is 4.79 Å². The van der Waals surface area contributed by atoms with Crippen molar-refractivity contribution in [3.05, 3.63) is 29.8 Å². The summed E-state index contributed by atoms with van der Waals surface area (Å²) in [7, 11) is 1.76. The zero-order valence-corrected chi connectivity index (χ0v) is 16.5. The fourth-order valence-corrected chi connectivity index (χ4v) is 3.59. The van der Waals surface area contributed by atoms with Gasteiger partial charge in [0.05, 0.1) is 18.8 Å². The van der Waals surface area contributed by atoms with Crippen molar-refractivity contribution in [1.29, 1.82) is 0 Å². The van der Waals surface area contributed by atoms with Crippen molar-refractivity contribution in [2.45, 2.75) is 57.5 Å². The van der Waals surface area contributed by atoms with Gasteiger partial charge in [-0.1, -0.05) is 12.1 Å². The maximum absolute atomic E-state index is 11.0. The lowest BCUT2D eigenvalue weighted by molar-refractivity contribution is -0.119. The summed E-state index contributed by atoms with van der Waals surface area (Å²) in [6, 6.07) is 7.94. The molecular formula is C21H32N2O4. The molecule has 0 spiro atoms. The van der Waals surface area contributed by atoms with Gasteiger partial charge < -0.3 is 24.4 Å². The highest BCUT2D eigenvalue weighted by atomic mass is 16.5. The number of hydrogen-bond acceptors (Lipinski definition) is 5. The molecule has 1 aliphatic carbocycles. The fraction of sp³-hybridized carbons (Fsp3) is 0.667. The lowest BCUT2D eigenvalue weighted by atomic mass is 9.91. The molecule has 1 aliphatic heterocycles. The lowest BCUT2D eigenvalue weighted by Crippen LogP contribution is -2.45. The maximum Gasteiger partial charge on any atom is 0.217 e. The van der Waals surface area contributed by atoms with Crippen LogP contribution in [-0.4, -0.2) is 62.5 Å². The van der Waals surface area contributed by atoms with Gasteiger partial charge in [-0.25, -0.2) is 0 Å². The molecular weight excluding hydrogens is 344 g/mol. The van der Waals surface area contributed by atoms with Gasteiger partial charge in [0.25, 0.3) is 0 Å². The van der Waals surface area contributed by atoms with E-state index in [-0.39, 0.29) is 12.0 Å². The third-order valence-electron chi connectivity index (χ3n) is 5.35. The molecule has 150 valence electrons. The summed E-state index contributed by atoms with van der Waals surface area (Å²) in [4.78, 5) is 13.4. The Kier molecular flexibility index (Phi) is 7.50. The minimum absolute atomic E-state index is 0.0171. The zero-order valence-electron chi connectivity index (χ0n) is 16.5. The lowest BCUT2D eigenvalue weighted by Gasteiger charge is -2.39. The average molecular weight is 376 g/mol. The van der Waals surface area contributed by atoms with Gasteiger partial charge in [-0.2, -0.15) is 0 Å². The Balaban J connectivity index is 1.30. The van der Waals surface area contributed by atoms with E-state index >= 15 is 0 Å². The van der Waals surface area contributed by atoms with Crippen LogP contribution in [0, 0.1) is 0 Å². The minimum atomic E-state index is -0.0171. The number of nitrogens with zero attached hydrogens (tertiary/aromatic N) is 1. The molecule has 1 aromatic rings. The van der Waals surface area contributed by atoms with Gasteiger partial charge in [0.15, 0.2) is 0 Å². The standard InChI is InChI=1S/C21H32N2O4/c1-16(24)22-15-17-3-5-18(6-4-17)26-20-13-21(14-20)27-19-7-9-23(10-8-19)11-12-25-2/h3-6,19-21H,7-15H2,1-2H3,(H,22,24). The third kappa shape index (κ3) is 6.48. The van der Waals surface area contributed by atoms with Crippen molar-refractivity contribution >= 4 is 5.91 Å². The van der Waals surface area contributed by atoms with Gasteiger partial charge in [-0.15, -0.1) is 0 Å². The van der Waals surface area contributed by atoms with Crippen molar-refractivity contribution in [3.63, 3.8) is 0 Å². The molecule has 0 unspecified atom stereocenters. The second-order valence-corrected chi connectivity index (χ2v) is 7.56. The Morgan fingerprint density at radius 3 is 2.44 bits per heavy atom. The molecule has 0 aromatic heterocycles. The van der Waals surface area contributed by atoms with Crippen LogP contribution >= 0.6 is 0 Å². The number of hydrogen-bond donors (Lipinski definition) is 1. The minimum Gasteiger partial charge on any atom is -0.490 e. The molecule has 1 amide bonds. The van der Waals surface area contributed by atoms with Crippen molar-refractivity contribution < 1.29 is 19.0 Å². The van der Waals surface area contributed by atoms with Gasteiger partial charge in [0, 0.05) is 53.1 Å². The van der Waals surface area contributed by atoms with E-state index in [0.717, 1.165) is 63.2 Å². The van der Waals surface area contributed by atoms with E-state index < -0.39 is 0 Å². The summed E-state index contributed by atoms with van der Waals surface area (Å²) >= 11 is 0. The predicted octanol–water partition coefficient (Wildman–Crippen LogP) is 2.36. The molecule has 1 heterocycles. The third-order valence-corrected chi connectivity index (χ3v) is 5.35. The second kappa shape index (κ2) is 10.1.